The number of carbonyl (C=O) groups is 1. The van der Waals surface area contributed by atoms with Gasteiger partial charge in [0.1, 0.15) is 0 Å². The average molecular weight is 333 g/mol. The fourth-order valence-electron chi connectivity index (χ4n) is 2.09. The van der Waals surface area contributed by atoms with Gasteiger partial charge in [0.25, 0.3) is 0 Å². The molecule has 1 aliphatic heterocycles. The van der Waals surface area contributed by atoms with Gasteiger partial charge in [-0.1, -0.05) is 6.07 Å². The molecule has 0 saturated carbocycles. The van der Waals surface area contributed by atoms with Crippen LogP contribution in [0.2, 0.25) is 0 Å². The molecule has 1 heterocycles. The summed E-state index contributed by atoms with van der Waals surface area (Å²) >= 11 is 0. The molecule has 0 aromatic heterocycles. The van der Waals surface area contributed by atoms with E-state index in [1.165, 1.54) is 18.2 Å². The van der Waals surface area contributed by atoms with Gasteiger partial charge in [-0.15, -0.1) is 0 Å². The number of hydrogen-bond acceptors (Lipinski definition) is 5. The van der Waals surface area contributed by atoms with Crippen molar-refractivity contribution >= 4 is 25.8 Å². The summed E-state index contributed by atoms with van der Waals surface area (Å²) in [6.07, 6.45) is 0.236. The number of nitrogens with zero attached hydrogens (tertiary/aromatic N) is 1. The van der Waals surface area contributed by atoms with Gasteiger partial charge in [0.15, 0.2) is 9.84 Å². The normalized spacial score (nSPS) is 19.8. The zero-order valence-corrected chi connectivity index (χ0v) is 12.7. The van der Waals surface area contributed by atoms with Crippen LogP contribution < -0.4 is 0 Å². The molecule has 1 saturated heterocycles. The summed E-state index contributed by atoms with van der Waals surface area (Å²) in [6.45, 7) is 0.000822. The summed E-state index contributed by atoms with van der Waals surface area (Å²) in [7, 11) is -7.10. The summed E-state index contributed by atoms with van der Waals surface area (Å²) in [5, 5.41) is 8.91. The quantitative estimate of drug-likeness (QED) is 0.846. The lowest BCUT2D eigenvalue weighted by atomic mass is 10.2. The van der Waals surface area contributed by atoms with Crippen LogP contribution in [0.5, 0.6) is 0 Å². The number of benzene rings is 1. The third-order valence-electron chi connectivity index (χ3n) is 3.23. The fourth-order valence-corrected chi connectivity index (χ4v) is 5.01. The van der Waals surface area contributed by atoms with Crippen molar-refractivity contribution < 1.29 is 26.7 Å². The van der Waals surface area contributed by atoms with Crippen LogP contribution in [0.1, 0.15) is 16.8 Å². The lowest BCUT2D eigenvalue weighted by Crippen LogP contribution is -2.33. The molecule has 1 aliphatic rings. The zero-order valence-electron chi connectivity index (χ0n) is 11.1. The van der Waals surface area contributed by atoms with Crippen LogP contribution in [0.3, 0.4) is 0 Å². The number of rotatable bonds is 3. The van der Waals surface area contributed by atoms with E-state index < -0.39 is 25.8 Å². The first-order valence-corrected chi connectivity index (χ1v) is 9.52. The topological polar surface area (TPSA) is 109 Å². The fraction of sp³-hybridized carbons (Fsp3) is 0.417. The molecule has 1 N–H and O–H groups in total. The Balaban J connectivity index is 2.33. The minimum atomic E-state index is -3.89. The molecular formula is C12H15NO6S2. The van der Waals surface area contributed by atoms with Crippen LogP contribution in [0.4, 0.5) is 0 Å². The van der Waals surface area contributed by atoms with Crippen molar-refractivity contribution in [1.29, 1.82) is 0 Å². The van der Waals surface area contributed by atoms with Gasteiger partial charge in [-0.3, -0.25) is 0 Å². The molecule has 2 rings (SSSR count). The lowest BCUT2D eigenvalue weighted by molar-refractivity contribution is 0.0696. The van der Waals surface area contributed by atoms with Gasteiger partial charge in [0.05, 0.1) is 22.0 Å². The number of hydrogen-bond donors (Lipinski definition) is 1. The first kappa shape index (κ1) is 15.9. The second-order valence-electron chi connectivity index (χ2n) is 4.74. The average Bonchev–Trinajstić information content (AvgIpc) is 2.60. The summed E-state index contributed by atoms with van der Waals surface area (Å²) in [5.41, 5.74) is -0.126. The van der Waals surface area contributed by atoms with E-state index in [0.29, 0.717) is 0 Å². The molecule has 0 amide bonds. The van der Waals surface area contributed by atoms with Gasteiger partial charge < -0.3 is 5.11 Å². The van der Waals surface area contributed by atoms with E-state index in [0.717, 1.165) is 10.4 Å². The van der Waals surface area contributed by atoms with Crippen molar-refractivity contribution in [3.05, 3.63) is 29.8 Å². The molecule has 116 valence electrons. The Hall–Kier alpha value is -1.45. The summed E-state index contributed by atoms with van der Waals surface area (Å²) < 4.78 is 49.1. The highest BCUT2D eigenvalue weighted by Crippen LogP contribution is 2.19. The second kappa shape index (κ2) is 5.74. The van der Waals surface area contributed by atoms with E-state index in [-0.39, 0.29) is 41.5 Å². The van der Waals surface area contributed by atoms with Crippen LogP contribution >= 0.6 is 0 Å². The molecule has 7 nitrogen and oxygen atoms in total. The molecule has 0 aliphatic carbocycles. The predicted octanol–water partition coefficient (Wildman–Crippen LogP) is 0.194. The second-order valence-corrected chi connectivity index (χ2v) is 8.98. The van der Waals surface area contributed by atoms with Crippen LogP contribution in [-0.2, 0) is 19.9 Å². The monoisotopic (exact) mass is 333 g/mol. The Morgan fingerprint density at radius 2 is 1.90 bits per heavy atom. The van der Waals surface area contributed by atoms with Gasteiger partial charge in [-0.05, 0) is 24.6 Å². The number of carboxylic acid groups (broad SMARTS) is 1. The van der Waals surface area contributed by atoms with E-state index in [2.05, 4.69) is 0 Å². The molecule has 0 spiro atoms. The first-order chi connectivity index (χ1) is 9.72. The molecular weight excluding hydrogens is 318 g/mol. The smallest absolute Gasteiger partial charge is 0.335 e. The number of sulfonamides is 1. The molecule has 0 bridgehead atoms. The van der Waals surface area contributed by atoms with Gasteiger partial charge >= 0.3 is 5.97 Å². The van der Waals surface area contributed by atoms with Gasteiger partial charge in [-0.25, -0.2) is 21.6 Å². The minimum absolute atomic E-state index is 0.0335. The Morgan fingerprint density at radius 1 is 1.19 bits per heavy atom. The highest BCUT2D eigenvalue weighted by Gasteiger charge is 2.29. The van der Waals surface area contributed by atoms with E-state index in [9.17, 15) is 21.6 Å². The van der Waals surface area contributed by atoms with Crippen LogP contribution in [0.15, 0.2) is 29.2 Å². The standard InChI is InChI=1S/C12H15NO6S2/c14-12(15)10-3-1-4-11(9-10)21(18,19)13-5-2-7-20(16,17)8-6-13/h1,3-4,9H,2,5-8H2,(H,14,15). The van der Waals surface area contributed by atoms with Crippen LogP contribution in [-0.4, -0.2) is 56.8 Å². The van der Waals surface area contributed by atoms with Crippen molar-refractivity contribution in [2.75, 3.05) is 24.6 Å². The number of aromatic carboxylic acids is 1. The van der Waals surface area contributed by atoms with Crippen LogP contribution in [0.25, 0.3) is 0 Å². The minimum Gasteiger partial charge on any atom is -0.478 e. The zero-order chi connectivity index (χ0) is 15.7. The molecule has 0 atom stereocenters. The lowest BCUT2D eigenvalue weighted by Gasteiger charge is -2.19. The molecule has 0 radical (unpaired) electrons. The highest BCUT2D eigenvalue weighted by atomic mass is 32.2. The predicted molar refractivity (Wildman–Crippen MR) is 75.4 cm³/mol. The Labute approximate surface area is 123 Å². The van der Waals surface area contributed by atoms with Crippen molar-refractivity contribution in [2.24, 2.45) is 0 Å². The first-order valence-electron chi connectivity index (χ1n) is 6.26. The van der Waals surface area contributed by atoms with Gasteiger partial charge in [0, 0.05) is 13.1 Å². The molecule has 9 heteroatoms. The number of sulfone groups is 1. The van der Waals surface area contributed by atoms with E-state index in [1.54, 1.807) is 0 Å². The van der Waals surface area contributed by atoms with Crippen molar-refractivity contribution in [1.82, 2.24) is 4.31 Å². The molecule has 0 unspecified atom stereocenters. The Morgan fingerprint density at radius 3 is 2.57 bits per heavy atom. The third kappa shape index (κ3) is 3.60. The summed E-state index contributed by atoms with van der Waals surface area (Å²) in [6, 6.07) is 5.04. The summed E-state index contributed by atoms with van der Waals surface area (Å²) in [4.78, 5) is 10.8. The van der Waals surface area contributed by atoms with Gasteiger partial charge in [0.2, 0.25) is 10.0 Å². The highest BCUT2D eigenvalue weighted by molar-refractivity contribution is 7.91. The largest absolute Gasteiger partial charge is 0.478 e. The molecule has 1 aromatic carbocycles. The maximum absolute atomic E-state index is 12.5. The summed E-state index contributed by atoms with van der Waals surface area (Å²) in [5.74, 6) is -1.47. The van der Waals surface area contributed by atoms with Crippen molar-refractivity contribution in [3.63, 3.8) is 0 Å². The molecule has 21 heavy (non-hydrogen) atoms. The third-order valence-corrected chi connectivity index (χ3v) is 6.84. The van der Waals surface area contributed by atoms with Crippen molar-refractivity contribution in [3.8, 4) is 0 Å². The Kier molecular flexibility index (Phi) is 4.35. The van der Waals surface area contributed by atoms with Crippen LogP contribution in [0, 0.1) is 0 Å². The SMILES string of the molecule is O=C(O)c1cccc(S(=O)(=O)N2CCCS(=O)(=O)CC2)c1. The molecule has 1 aromatic rings. The maximum atomic E-state index is 12.5. The van der Waals surface area contributed by atoms with E-state index in [1.807, 2.05) is 0 Å². The molecule has 1 fully saturated rings. The van der Waals surface area contributed by atoms with Gasteiger partial charge in [-0.2, -0.15) is 4.31 Å². The number of carboxylic acids is 1. The maximum Gasteiger partial charge on any atom is 0.335 e. The van der Waals surface area contributed by atoms with E-state index >= 15 is 0 Å². The van der Waals surface area contributed by atoms with E-state index in [4.69, 9.17) is 5.11 Å². The Bertz CT molecular complexity index is 754. The van der Waals surface area contributed by atoms with Crippen molar-refractivity contribution in [2.45, 2.75) is 11.3 Å².